The zero-order chi connectivity index (χ0) is 21.9. The molecule has 0 amide bonds. The molecule has 0 heterocycles. The number of aliphatic hydroxyl groups excluding tert-OH is 1. The topological polar surface area (TPSA) is 72.0 Å². The molecular formula is C25H30N2O4. The smallest absolute Gasteiger partial charge is 0.161 e. The molecule has 0 saturated carbocycles. The summed E-state index contributed by atoms with van der Waals surface area (Å²) in [5.74, 6) is 2.14. The van der Waals surface area contributed by atoms with E-state index in [1.165, 1.54) is 0 Å². The first-order chi connectivity index (χ1) is 15.2. The highest BCUT2D eigenvalue weighted by molar-refractivity contribution is 5.63. The minimum absolute atomic E-state index is 0.214. The summed E-state index contributed by atoms with van der Waals surface area (Å²) in [6, 6.07) is 23.4. The molecule has 6 heteroatoms. The summed E-state index contributed by atoms with van der Waals surface area (Å²) in [7, 11) is 1.62. The van der Waals surface area contributed by atoms with E-state index in [2.05, 4.69) is 10.6 Å². The molecule has 0 aliphatic carbocycles. The molecule has 164 valence electrons. The summed E-state index contributed by atoms with van der Waals surface area (Å²) >= 11 is 0. The highest BCUT2D eigenvalue weighted by Gasteiger charge is 2.07. The van der Waals surface area contributed by atoms with Crippen molar-refractivity contribution in [1.29, 1.82) is 0 Å². The molecule has 1 unspecified atom stereocenters. The van der Waals surface area contributed by atoms with Crippen LogP contribution in [0, 0.1) is 6.92 Å². The Kier molecular flexibility index (Phi) is 8.58. The van der Waals surface area contributed by atoms with Crippen molar-refractivity contribution in [3.05, 3.63) is 78.4 Å². The third-order valence-electron chi connectivity index (χ3n) is 4.68. The molecule has 0 aliphatic heterocycles. The number of hydrogen-bond acceptors (Lipinski definition) is 6. The van der Waals surface area contributed by atoms with Gasteiger partial charge in [0.2, 0.25) is 0 Å². The monoisotopic (exact) mass is 422 g/mol. The van der Waals surface area contributed by atoms with Crippen LogP contribution in [0.2, 0.25) is 0 Å². The maximum atomic E-state index is 10.2. The SMILES string of the molecule is COc1ccccc1OCCNCC(O)COc1ccc(Nc2ccccc2)c(C)c1. The Labute approximate surface area is 183 Å². The van der Waals surface area contributed by atoms with Crippen LogP contribution in [0.4, 0.5) is 11.4 Å². The molecule has 0 aromatic heterocycles. The summed E-state index contributed by atoms with van der Waals surface area (Å²) in [5, 5.41) is 16.7. The molecule has 6 nitrogen and oxygen atoms in total. The number of hydrogen-bond donors (Lipinski definition) is 3. The van der Waals surface area contributed by atoms with Crippen LogP contribution in [-0.4, -0.2) is 44.6 Å². The van der Waals surface area contributed by atoms with Gasteiger partial charge in [0, 0.05) is 24.5 Å². The van der Waals surface area contributed by atoms with Crippen LogP contribution in [0.1, 0.15) is 5.56 Å². The van der Waals surface area contributed by atoms with Crippen LogP contribution in [0.5, 0.6) is 17.2 Å². The third kappa shape index (κ3) is 7.20. The van der Waals surface area contributed by atoms with Gasteiger partial charge in [-0.15, -0.1) is 0 Å². The fraction of sp³-hybridized carbons (Fsp3) is 0.280. The number of aliphatic hydroxyl groups is 1. The van der Waals surface area contributed by atoms with Crippen LogP contribution in [0.15, 0.2) is 72.8 Å². The Morgan fingerprint density at radius 2 is 1.65 bits per heavy atom. The van der Waals surface area contributed by atoms with Crippen molar-refractivity contribution in [2.45, 2.75) is 13.0 Å². The summed E-state index contributed by atoms with van der Waals surface area (Å²) in [6.07, 6.45) is -0.617. The van der Waals surface area contributed by atoms with Gasteiger partial charge in [-0.2, -0.15) is 0 Å². The van der Waals surface area contributed by atoms with Gasteiger partial charge >= 0.3 is 0 Å². The lowest BCUT2D eigenvalue weighted by atomic mass is 10.2. The zero-order valence-electron chi connectivity index (χ0n) is 18.0. The van der Waals surface area contributed by atoms with Gasteiger partial charge in [-0.3, -0.25) is 0 Å². The first-order valence-electron chi connectivity index (χ1n) is 10.4. The number of para-hydroxylation sites is 3. The van der Waals surface area contributed by atoms with Gasteiger partial charge in [0.15, 0.2) is 11.5 Å². The molecule has 0 aliphatic rings. The van der Waals surface area contributed by atoms with Gasteiger partial charge < -0.3 is 30.0 Å². The van der Waals surface area contributed by atoms with Gasteiger partial charge in [0.25, 0.3) is 0 Å². The first kappa shape index (κ1) is 22.5. The van der Waals surface area contributed by atoms with Crippen molar-refractivity contribution in [2.24, 2.45) is 0 Å². The molecule has 3 N–H and O–H groups in total. The molecule has 0 saturated heterocycles. The molecule has 31 heavy (non-hydrogen) atoms. The van der Waals surface area contributed by atoms with Crippen LogP contribution in [0.25, 0.3) is 0 Å². The van der Waals surface area contributed by atoms with Gasteiger partial charge in [-0.25, -0.2) is 0 Å². The maximum Gasteiger partial charge on any atom is 0.161 e. The van der Waals surface area contributed by atoms with E-state index in [1.807, 2.05) is 79.7 Å². The Morgan fingerprint density at radius 1 is 0.903 bits per heavy atom. The first-order valence-corrected chi connectivity index (χ1v) is 10.4. The Hall–Kier alpha value is -3.22. The van der Waals surface area contributed by atoms with Gasteiger partial charge in [0.05, 0.1) is 7.11 Å². The van der Waals surface area contributed by atoms with Crippen molar-refractivity contribution >= 4 is 11.4 Å². The normalized spacial score (nSPS) is 11.6. The van der Waals surface area contributed by atoms with Crippen LogP contribution < -0.4 is 24.8 Å². The van der Waals surface area contributed by atoms with Crippen molar-refractivity contribution in [3.8, 4) is 17.2 Å². The minimum atomic E-state index is -0.617. The third-order valence-corrected chi connectivity index (χ3v) is 4.68. The molecule has 0 radical (unpaired) electrons. The highest BCUT2D eigenvalue weighted by atomic mass is 16.5. The van der Waals surface area contributed by atoms with Gasteiger partial charge in [0.1, 0.15) is 25.1 Å². The van der Waals surface area contributed by atoms with Crippen molar-refractivity contribution < 1.29 is 19.3 Å². The van der Waals surface area contributed by atoms with E-state index in [1.54, 1.807) is 7.11 Å². The van der Waals surface area contributed by atoms with E-state index in [0.717, 1.165) is 22.7 Å². The molecule has 1 atom stereocenters. The Bertz CT molecular complexity index is 934. The molecule has 0 bridgehead atoms. The largest absolute Gasteiger partial charge is 0.493 e. The lowest BCUT2D eigenvalue weighted by Crippen LogP contribution is -2.33. The minimum Gasteiger partial charge on any atom is -0.493 e. The van der Waals surface area contributed by atoms with E-state index in [9.17, 15) is 5.11 Å². The van der Waals surface area contributed by atoms with Crippen LogP contribution in [0.3, 0.4) is 0 Å². The fourth-order valence-corrected chi connectivity index (χ4v) is 3.03. The predicted molar refractivity (Wildman–Crippen MR) is 124 cm³/mol. The molecule has 0 fully saturated rings. The summed E-state index contributed by atoms with van der Waals surface area (Å²) < 4.78 is 16.7. The van der Waals surface area contributed by atoms with E-state index in [0.29, 0.717) is 31.2 Å². The van der Waals surface area contributed by atoms with Gasteiger partial charge in [-0.05, 0) is 55.0 Å². The molecule has 3 aromatic carbocycles. The second-order valence-electron chi connectivity index (χ2n) is 7.14. The van der Waals surface area contributed by atoms with Gasteiger partial charge in [-0.1, -0.05) is 30.3 Å². The average molecular weight is 423 g/mol. The molecule has 3 rings (SSSR count). The zero-order valence-corrected chi connectivity index (χ0v) is 18.0. The standard InChI is InChI=1S/C25H30N2O4/c1-19-16-22(12-13-23(19)27-20-8-4-3-5-9-20)31-18-21(28)17-26-14-15-30-25-11-7-6-10-24(25)29-2/h3-13,16,21,26-28H,14-15,17-18H2,1-2H3. The maximum absolute atomic E-state index is 10.2. The predicted octanol–water partition coefficient (Wildman–Crippen LogP) is 4.16. The lowest BCUT2D eigenvalue weighted by Gasteiger charge is -2.15. The molecule has 0 spiro atoms. The number of ether oxygens (including phenoxy) is 3. The number of rotatable bonds is 12. The summed E-state index contributed by atoms with van der Waals surface area (Å²) in [4.78, 5) is 0. The summed E-state index contributed by atoms with van der Waals surface area (Å²) in [5.41, 5.74) is 3.13. The fourth-order valence-electron chi connectivity index (χ4n) is 3.03. The number of aryl methyl sites for hydroxylation is 1. The number of methoxy groups -OCH3 is 1. The van der Waals surface area contributed by atoms with Crippen LogP contribution in [-0.2, 0) is 0 Å². The lowest BCUT2D eigenvalue weighted by molar-refractivity contribution is 0.105. The quantitative estimate of drug-likeness (QED) is 0.381. The second-order valence-corrected chi connectivity index (χ2v) is 7.14. The van der Waals surface area contributed by atoms with Crippen LogP contribution >= 0.6 is 0 Å². The highest BCUT2D eigenvalue weighted by Crippen LogP contribution is 2.26. The second kappa shape index (κ2) is 11.8. The van der Waals surface area contributed by atoms with E-state index < -0.39 is 6.10 Å². The molecule has 3 aromatic rings. The number of nitrogens with one attached hydrogen (secondary N) is 2. The Morgan fingerprint density at radius 3 is 2.39 bits per heavy atom. The van der Waals surface area contributed by atoms with E-state index in [4.69, 9.17) is 14.2 Å². The average Bonchev–Trinajstić information content (AvgIpc) is 2.80. The Balaban J connectivity index is 1.35. The van der Waals surface area contributed by atoms with Crippen molar-refractivity contribution in [3.63, 3.8) is 0 Å². The number of anilines is 2. The number of benzene rings is 3. The van der Waals surface area contributed by atoms with Crippen molar-refractivity contribution in [2.75, 3.05) is 38.7 Å². The van der Waals surface area contributed by atoms with Crippen molar-refractivity contribution in [1.82, 2.24) is 5.32 Å². The van der Waals surface area contributed by atoms with E-state index >= 15 is 0 Å². The summed E-state index contributed by atoms with van der Waals surface area (Å²) in [6.45, 7) is 3.74. The van der Waals surface area contributed by atoms with E-state index in [-0.39, 0.29) is 6.61 Å². The molecular weight excluding hydrogens is 392 g/mol.